The highest BCUT2D eigenvalue weighted by molar-refractivity contribution is 7.92. The molecule has 0 spiro atoms. The molecule has 5 nitrogen and oxygen atoms in total. The zero-order valence-electron chi connectivity index (χ0n) is 12.7. The van der Waals surface area contributed by atoms with E-state index < -0.39 is 33.4 Å². The van der Waals surface area contributed by atoms with Crippen LogP contribution in [0.3, 0.4) is 0 Å². The number of halogens is 4. The van der Waals surface area contributed by atoms with Crippen LogP contribution >= 0.6 is 11.6 Å². The van der Waals surface area contributed by atoms with Crippen molar-refractivity contribution in [2.75, 3.05) is 4.72 Å². The minimum atomic E-state index is -4.66. The van der Waals surface area contributed by atoms with E-state index in [1.54, 1.807) is 6.92 Å². The molecule has 0 aliphatic rings. The third-order valence-corrected chi connectivity index (χ3v) is 5.02. The van der Waals surface area contributed by atoms with Gasteiger partial charge in [-0.2, -0.15) is 13.2 Å². The van der Waals surface area contributed by atoms with Crippen LogP contribution in [0.2, 0.25) is 5.02 Å². The number of nitrogens with one attached hydrogen (secondary N) is 1. The number of alkyl halides is 3. The molecule has 0 heterocycles. The van der Waals surface area contributed by atoms with Gasteiger partial charge in [-0.3, -0.25) is 9.52 Å². The van der Waals surface area contributed by atoms with Gasteiger partial charge in [0.05, 0.1) is 21.2 Å². The topological polar surface area (TPSA) is 89.3 Å². The van der Waals surface area contributed by atoms with E-state index >= 15 is 0 Å². The van der Waals surface area contributed by atoms with Crippen LogP contribution in [0.15, 0.2) is 41.3 Å². The maximum Gasteiger partial charge on any atom is 0.416 e. The third kappa shape index (κ3) is 4.23. The summed E-state index contributed by atoms with van der Waals surface area (Å²) in [7, 11) is -4.28. The number of primary amides is 1. The normalized spacial score (nSPS) is 12.0. The molecule has 0 radical (unpaired) electrons. The summed E-state index contributed by atoms with van der Waals surface area (Å²) in [5.74, 6) is -0.827. The van der Waals surface area contributed by atoms with E-state index in [1.165, 1.54) is 12.1 Å². The summed E-state index contributed by atoms with van der Waals surface area (Å²) < 4.78 is 65.1. The van der Waals surface area contributed by atoms with Gasteiger partial charge in [-0.1, -0.05) is 17.7 Å². The molecule has 134 valence electrons. The predicted molar refractivity (Wildman–Crippen MR) is 87.0 cm³/mol. The van der Waals surface area contributed by atoms with Crippen LogP contribution in [0, 0.1) is 6.92 Å². The van der Waals surface area contributed by atoms with Crippen LogP contribution < -0.4 is 10.5 Å². The quantitative estimate of drug-likeness (QED) is 0.833. The molecule has 0 saturated heterocycles. The molecule has 1 amide bonds. The summed E-state index contributed by atoms with van der Waals surface area (Å²) in [4.78, 5) is 11.0. The number of hydrogen-bond acceptors (Lipinski definition) is 3. The first-order valence-corrected chi connectivity index (χ1v) is 8.58. The summed E-state index contributed by atoms with van der Waals surface area (Å²) in [6, 6.07) is 5.86. The minimum Gasteiger partial charge on any atom is -0.366 e. The van der Waals surface area contributed by atoms with E-state index in [9.17, 15) is 26.4 Å². The maximum atomic E-state index is 12.8. The van der Waals surface area contributed by atoms with Crippen LogP contribution in [0.5, 0.6) is 0 Å². The van der Waals surface area contributed by atoms with Crippen molar-refractivity contribution in [2.24, 2.45) is 5.73 Å². The van der Waals surface area contributed by atoms with Crippen LogP contribution in [0.1, 0.15) is 21.5 Å². The molecule has 0 fully saturated rings. The second kappa shape index (κ2) is 6.57. The van der Waals surface area contributed by atoms with Gasteiger partial charge in [-0.25, -0.2) is 8.42 Å². The Balaban J connectivity index is 2.46. The van der Waals surface area contributed by atoms with Crippen molar-refractivity contribution < 1.29 is 26.4 Å². The number of benzene rings is 2. The number of nitrogens with two attached hydrogens (primary N) is 1. The molecule has 0 atom stereocenters. The average Bonchev–Trinajstić information content (AvgIpc) is 2.48. The number of aryl methyl sites for hydroxylation is 1. The van der Waals surface area contributed by atoms with E-state index in [4.69, 9.17) is 17.3 Å². The van der Waals surface area contributed by atoms with E-state index in [0.717, 1.165) is 18.2 Å². The van der Waals surface area contributed by atoms with Crippen molar-refractivity contribution in [2.45, 2.75) is 18.0 Å². The zero-order chi connectivity index (χ0) is 19.0. The molecule has 2 rings (SSSR count). The van der Waals surface area contributed by atoms with E-state index in [-0.39, 0.29) is 15.5 Å². The first kappa shape index (κ1) is 19.1. The molecule has 2 aromatic rings. The second-order valence-electron chi connectivity index (χ2n) is 5.14. The molecule has 10 heteroatoms. The summed E-state index contributed by atoms with van der Waals surface area (Å²) >= 11 is 5.78. The first-order chi connectivity index (χ1) is 11.4. The van der Waals surface area contributed by atoms with Gasteiger partial charge in [-0.15, -0.1) is 0 Å². The lowest BCUT2D eigenvalue weighted by Crippen LogP contribution is -2.17. The lowest BCUT2D eigenvalue weighted by Gasteiger charge is -2.13. The Kier molecular flexibility index (Phi) is 5.01. The molecule has 0 unspecified atom stereocenters. The van der Waals surface area contributed by atoms with Crippen molar-refractivity contribution in [3.8, 4) is 0 Å². The highest BCUT2D eigenvalue weighted by atomic mass is 35.5. The highest BCUT2D eigenvalue weighted by Crippen LogP contribution is 2.34. The molecule has 0 aliphatic heterocycles. The molecule has 2 aromatic carbocycles. The number of amides is 1. The van der Waals surface area contributed by atoms with Crippen LogP contribution in [-0.2, 0) is 16.2 Å². The predicted octanol–water partition coefficient (Wildman–Crippen LogP) is 3.57. The van der Waals surface area contributed by atoms with Gasteiger partial charge in [0, 0.05) is 5.56 Å². The smallest absolute Gasteiger partial charge is 0.366 e. The van der Waals surface area contributed by atoms with Gasteiger partial charge < -0.3 is 5.73 Å². The van der Waals surface area contributed by atoms with Crippen molar-refractivity contribution in [1.29, 1.82) is 0 Å². The fraction of sp³-hybridized carbons (Fsp3) is 0.133. The molecule has 0 aliphatic carbocycles. The Hall–Kier alpha value is -2.26. The van der Waals surface area contributed by atoms with Crippen LogP contribution in [0.4, 0.5) is 18.9 Å². The summed E-state index contributed by atoms with van der Waals surface area (Å²) in [5.41, 5.74) is 4.13. The number of anilines is 1. The molecule has 3 N–H and O–H groups in total. The minimum absolute atomic E-state index is 0.0157. The molecule has 0 bridgehead atoms. The third-order valence-electron chi connectivity index (χ3n) is 3.32. The summed E-state index contributed by atoms with van der Waals surface area (Å²) in [5, 5.41) is -0.209. The van der Waals surface area contributed by atoms with Crippen molar-refractivity contribution >= 4 is 33.2 Å². The van der Waals surface area contributed by atoms with E-state index in [2.05, 4.69) is 0 Å². The maximum absolute atomic E-state index is 12.8. The number of rotatable bonds is 4. The van der Waals surface area contributed by atoms with Crippen molar-refractivity contribution in [1.82, 2.24) is 0 Å². The van der Waals surface area contributed by atoms with Gasteiger partial charge in [0.1, 0.15) is 0 Å². The van der Waals surface area contributed by atoms with E-state index in [1.807, 2.05) is 4.72 Å². The van der Waals surface area contributed by atoms with Gasteiger partial charge >= 0.3 is 6.18 Å². The standard InChI is InChI=1S/C15H12ClF3N2O3S/c1-8-2-4-10(7-11(8)14(20)22)25(23,24)21-13-6-9(15(17,18)19)3-5-12(13)16/h2-7,21H,1H3,(H2,20,22). The number of carbonyl (C=O) groups excluding carboxylic acids is 1. The number of sulfonamides is 1. The second-order valence-corrected chi connectivity index (χ2v) is 7.23. The monoisotopic (exact) mass is 392 g/mol. The van der Waals surface area contributed by atoms with Gasteiger partial charge in [0.2, 0.25) is 5.91 Å². The molecule has 25 heavy (non-hydrogen) atoms. The lowest BCUT2D eigenvalue weighted by molar-refractivity contribution is -0.137. The zero-order valence-corrected chi connectivity index (χ0v) is 14.3. The van der Waals surface area contributed by atoms with Gasteiger partial charge in [0.15, 0.2) is 0 Å². The van der Waals surface area contributed by atoms with Crippen LogP contribution in [0.25, 0.3) is 0 Å². The highest BCUT2D eigenvalue weighted by Gasteiger charge is 2.31. The Morgan fingerprint density at radius 1 is 1.16 bits per heavy atom. The molecule has 0 aromatic heterocycles. The van der Waals surface area contributed by atoms with Gasteiger partial charge in [-0.05, 0) is 42.8 Å². The van der Waals surface area contributed by atoms with Crippen molar-refractivity contribution in [3.63, 3.8) is 0 Å². The Morgan fingerprint density at radius 3 is 2.36 bits per heavy atom. The average molecular weight is 393 g/mol. The summed E-state index contributed by atoms with van der Waals surface area (Å²) in [6.45, 7) is 1.56. The lowest BCUT2D eigenvalue weighted by atomic mass is 10.1. The SMILES string of the molecule is Cc1ccc(S(=O)(=O)Nc2cc(C(F)(F)F)ccc2Cl)cc1C(N)=O. The van der Waals surface area contributed by atoms with Crippen LogP contribution in [-0.4, -0.2) is 14.3 Å². The number of hydrogen-bond donors (Lipinski definition) is 2. The molecule has 0 saturated carbocycles. The largest absolute Gasteiger partial charge is 0.416 e. The molecular formula is C15H12ClF3N2O3S. The Morgan fingerprint density at radius 2 is 1.80 bits per heavy atom. The van der Waals surface area contributed by atoms with Gasteiger partial charge in [0.25, 0.3) is 10.0 Å². The van der Waals surface area contributed by atoms with E-state index in [0.29, 0.717) is 11.6 Å². The fourth-order valence-corrected chi connectivity index (χ4v) is 3.33. The first-order valence-electron chi connectivity index (χ1n) is 6.72. The van der Waals surface area contributed by atoms with Crippen molar-refractivity contribution in [3.05, 3.63) is 58.1 Å². The summed E-state index contributed by atoms with van der Waals surface area (Å²) in [6.07, 6.45) is -4.66. The Labute approximate surface area is 146 Å². The number of carbonyl (C=O) groups is 1. The Bertz CT molecular complexity index is 944. The molecular weight excluding hydrogens is 381 g/mol. The fourth-order valence-electron chi connectivity index (χ4n) is 2.02.